The summed E-state index contributed by atoms with van der Waals surface area (Å²) in [5, 5.41) is 20.6. The van der Waals surface area contributed by atoms with Gasteiger partial charge in [-0.15, -0.1) is 0 Å². The van der Waals surface area contributed by atoms with E-state index in [9.17, 15) is 24.8 Å². The van der Waals surface area contributed by atoms with Crippen molar-refractivity contribution in [1.82, 2.24) is 9.80 Å². The van der Waals surface area contributed by atoms with Crippen molar-refractivity contribution in [2.24, 2.45) is 23.7 Å². The molecule has 0 spiro atoms. The van der Waals surface area contributed by atoms with Gasteiger partial charge < -0.3 is 19.6 Å². The number of hydrogen-bond acceptors (Lipinski definition) is 6. The summed E-state index contributed by atoms with van der Waals surface area (Å²) in [7, 11) is 0. The third-order valence-corrected chi connectivity index (χ3v) is 8.47. The summed E-state index contributed by atoms with van der Waals surface area (Å²) >= 11 is 0. The molecular weight excluding hydrogens is 474 g/mol. The second-order valence-electron chi connectivity index (χ2n) is 11.3. The molecule has 0 aromatic heterocycles. The zero-order chi connectivity index (χ0) is 26.4. The highest BCUT2D eigenvalue weighted by atomic mass is 16.6. The predicted molar refractivity (Wildman–Crippen MR) is 139 cm³/mol. The van der Waals surface area contributed by atoms with Gasteiger partial charge in [-0.05, 0) is 80.4 Å². The number of carboxylic acid groups (broad SMARTS) is 1. The van der Waals surface area contributed by atoms with Crippen molar-refractivity contribution >= 4 is 17.7 Å². The lowest BCUT2D eigenvalue weighted by atomic mass is 9.86. The molecule has 2 aliphatic carbocycles. The highest BCUT2D eigenvalue weighted by molar-refractivity contribution is 5.70. The Morgan fingerprint density at radius 2 is 1.78 bits per heavy atom. The Labute approximate surface area is 219 Å². The zero-order valence-electron chi connectivity index (χ0n) is 21.9. The fraction of sp³-hybridized carbons (Fsp3) is 0.714. The Balaban J connectivity index is 1.22. The maximum atomic E-state index is 12.9. The van der Waals surface area contributed by atoms with Crippen LogP contribution in [0.15, 0.2) is 24.3 Å². The molecule has 3 fully saturated rings. The van der Waals surface area contributed by atoms with Crippen LogP contribution in [0, 0.1) is 33.8 Å². The molecule has 4 rings (SSSR count). The quantitative estimate of drug-likeness (QED) is 0.296. The summed E-state index contributed by atoms with van der Waals surface area (Å²) in [4.78, 5) is 39.5. The summed E-state index contributed by atoms with van der Waals surface area (Å²) in [6, 6.07) is 6.22. The number of nitrogens with zero attached hydrogens (tertiary/aromatic N) is 3. The van der Waals surface area contributed by atoms with Gasteiger partial charge in [-0.2, -0.15) is 0 Å². The monoisotopic (exact) mass is 515 g/mol. The van der Waals surface area contributed by atoms with Crippen LogP contribution in [-0.2, 0) is 16.1 Å². The molecule has 1 N–H and O–H groups in total. The van der Waals surface area contributed by atoms with Crippen molar-refractivity contribution in [3.63, 3.8) is 0 Å². The lowest BCUT2D eigenvalue weighted by molar-refractivity contribution is -0.384. The van der Waals surface area contributed by atoms with Gasteiger partial charge in [0.15, 0.2) is 0 Å². The molecule has 204 valence electrons. The fourth-order valence-corrected chi connectivity index (χ4v) is 6.24. The Hall–Kier alpha value is -2.68. The van der Waals surface area contributed by atoms with Gasteiger partial charge >= 0.3 is 12.1 Å². The minimum absolute atomic E-state index is 0.0162. The SMILES string of the molecule is CCCN(C(=O)OCc1ccc([N+](=O)[O-])cc1)C1CCN(C[C@@H]2CCC(C(CC3CC3)C(=O)O)C2)CC1. The molecule has 1 aromatic rings. The van der Waals surface area contributed by atoms with Gasteiger partial charge in [-0.25, -0.2) is 4.79 Å². The molecule has 1 amide bonds. The summed E-state index contributed by atoms with van der Waals surface area (Å²) in [5.41, 5.74) is 0.741. The van der Waals surface area contributed by atoms with Crippen molar-refractivity contribution < 1.29 is 24.4 Å². The minimum atomic E-state index is -0.602. The number of benzene rings is 1. The molecule has 1 aliphatic heterocycles. The van der Waals surface area contributed by atoms with E-state index in [0.717, 1.165) is 70.1 Å². The van der Waals surface area contributed by atoms with Gasteiger partial charge in [0, 0.05) is 44.4 Å². The number of carbonyl (C=O) groups excluding carboxylic acids is 1. The van der Waals surface area contributed by atoms with Gasteiger partial charge in [0.2, 0.25) is 0 Å². The summed E-state index contributed by atoms with van der Waals surface area (Å²) in [6.07, 6.45) is 8.79. The fourth-order valence-electron chi connectivity index (χ4n) is 6.24. The Morgan fingerprint density at radius 1 is 1.11 bits per heavy atom. The van der Waals surface area contributed by atoms with Gasteiger partial charge in [0.25, 0.3) is 5.69 Å². The number of nitro groups is 1. The molecule has 2 saturated carbocycles. The smallest absolute Gasteiger partial charge is 0.410 e. The van der Waals surface area contributed by atoms with Crippen molar-refractivity contribution in [1.29, 1.82) is 0 Å². The van der Waals surface area contributed by atoms with Crippen LogP contribution in [-0.4, -0.2) is 64.1 Å². The molecule has 1 saturated heterocycles. The molecule has 1 aromatic carbocycles. The first kappa shape index (κ1) is 27.4. The van der Waals surface area contributed by atoms with E-state index in [-0.39, 0.29) is 30.3 Å². The van der Waals surface area contributed by atoms with E-state index in [1.165, 1.54) is 25.0 Å². The van der Waals surface area contributed by atoms with Crippen LogP contribution in [0.5, 0.6) is 0 Å². The van der Waals surface area contributed by atoms with Crippen LogP contribution in [0.1, 0.15) is 70.3 Å². The number of carboxylic acids is 1. The second kappa shape index (κ2) is 12.7. The zero-order valence-corrected chi connectivity index (χ0v) is 21.9. The first-order valence-electron chi connectivity index (χ1n) is 14.0. The van der Waals surface area contributed by atoms with E-state index in [1.54, 1.807) is 12.1 Å². The van der Waals surface area contributed by atoms with Gasteiger partial charge in [0.1, 0.15) is 6.61 Å². The van der Waals surface area contributed by atoms with E-state index >= 15 is 0 Å². The molecule has 2 unspecified atom stereocenters. The molecule has 0 radical (unpaired) electrons. The van der Waals surface area contributed by atoms with Crippen molar-refractivity contribution in [2.45, 2.75) is 77.4 Å². The summed E-state index contributed by atoms with van der Waals surface area (Å²) < 4.78 is 5.57. The predicted octanol–water partition coefficient (Wildman–Crippen LogP) is 5.33. The maximum Gasteiger partial charge on any atom is 0.410 e. The van der Waals surface area contributed by atoms with E-state index < -0.39 is 10.9 Å². The molecule has 3 atom stereocenters. The Bertz CT molecular complexity index is 926. The number of rotatable bonds is 12. The van der Waals surface area contributed by atoms with E-state index in [1.807, 2.05) is 4.90 Å². The number of amides is 1. The lowest BCUT2D eigenvalue weighted by Gasteiger charge is -2.38. The summed E-state index contributed by atoms with van der Waals surface area (Å²) in [5.74, 6) is 0.774. The number of likely N-dealkylation sites (tertiary alicyclic amines) is 1. The molecule has 9 nitrogen and oxygen atoms in total. The Kier molecular flexibility index (Phi) is 9.40. The molecule has 1 heterocycles. The third-order valence-electron chi connectivity index (χ3n) is 8.47. The average Bonchev–Trinajstić information content (AvgIpc) is 3.61. The number of hydrogen-bond donors (Lipinski definition) is 1. The molecule has 9 heteroatoms. The molecular formula is C28H41N3O6. The minimum Gasteiger partial charge on any atom is -0.481 e. The Morgan fingerprint density at radius 3 is 2.38 bits per heavy atom. The first-order valence-corrected chi connectivity index (χ1v) is 14.0. The van der Waals surface area contributed by atoms with Crippen LogP contribution in [0.4, 0.5) is 10.5 Å². The van der Waals surface area contributed by atoms with Crippen LogP contribution in [0.2, 0.25) is 0 Å². The van der Waals surface area contributed by atoms with Gasteiger partial charge in [0.05, 0.1) is 10.8 Å². The van der Waals surface area contributed by atoms with E-state index in [2.05, 4.69) is 11.8 Å². The van der Waals surface area contributed by atoms with Crippen molar-refractivity contribution in [2.75, 3.05) is 26.2 Å². The standard InChI is InChI=1S/C28H41N3O6/c1-2-13-30(28(34)37-19-21-6-9-25(10-7-21)31(35)36)24-11-14-29(15-12-24)18-22-5-8-23(16-22)26(27(32)33)17-20-3-4-20/h6-7,9-10,20,22-24,26H,2-5,8,11-19H2,1H3,(H,32,33)/t22-,23?,26?/m1/s1. The maximum absolute atomic E-state index is 12.9. The number of ether oxygens (including phenoxy) is 1. The normalized spacial score (nSPS) is 23.5. The topological polar surface area (TPSA) is 113 Å². The molecule has 37 heavy (non-hydrogen) atoms. The lowest BCUT2D eigenvalue weighted by Crippen LogP contribution is -2.48. The van der Waals surface area contributed by atoms with Crippen LogP contribution in [0.25, 0.3) is 0 Å². The number of carbonyl (C=O) groups is 2. The third kappa shape index (κ3) is 7.66. The number of nitro benzene ring substituents is 1. The molecule has 0 bridgehead atoms. The van der Waals surface area contributed by atoms with Gasteiger partial charge in [-0.1, -0.05) is 19.8 Å². The number of aliphatic carboxylic acids is 1. The van der Waals surface area contributed by atoms with E-state index in [0.29, 0.717) is 24.3 Å². The van der Waals surface area contributed by atoms with Crippen molar-refractivity contribution in [3.05, 3.63) is 39.9 Å². The van der Waals surface area contributed by atoms with Crippen LogP contribution >= 0.6 is 0 Å². The summed E-state index contributed by atoms with van der Waals surface area (Å²) in [6.45, 7) is 5.69. The van der Waals surface area contributed by atoms with Crippen molar-refractivity contribution in [3.8, 4) is 0 Å². The number of non-ortho nitro benzene ring substituents is 1. The van der Waals surface area contributed by atoms with E-state index in [4.69, 9.17) is 4.74 Å². The highest BCUT2D eigenvalue weighted by Crippen LogP contribution is 2.43. The first-order chi connectivity index (χ1) is 17.8. The largest absolute Gasteiger partial charge is 0.481 e. The van der Waals surface area contributed by atoms with Crippen LogP contribution < -0.4 is 0 Å². The average molecular weight is 516 g/mol. The van der Waals surface area contributed by atoms with Crippen LogP contribution in [0.3, 0.4) is 0 Å². The van der Waals surface area contributed by atoms with Gasteiger partial charge in [-0.3, -0.25) is 14.9 Å². The second-order valence-corrected chi connectivity index (χ2v) is 11.3. The highest BCUT2D eigenvalue weighted by Gasteiger charge is 2.39. The molecule has 3 aliphatic rings. The number of piperidine rings is 1.